The van der Waals surface area contributed by atoms with Crippen LogP contribution in [0.3, 0.4) is 0 Å². The van der Waals surface area contributed by atoms with Crippen molar-refractivity contribution < 1.29 is 14.3 Å². The Morgan fingerprint density at radius 2 is 2.06 bits per heavy atom. The smallest absolute Gasteiger partial charge is 0.261 e. The molecule has 1 aromatic carbocycles. The van der Waals surface area contributed by atoms with Crippen LogP contribution < -0.4 is 10.1 Å². The molecule has 1 N–H and O–H groups in total. The lowest BCUT2D eigenvalue weighted by Gasteiger charge is -2.32. The van der Waals surface area contributed by atoms with Crippen LogP contribution in [-0.2, 0) is 17.9 Å². The molecule has 0 bridgehead atoms. The van der Waals surface area contributed by atoms with E-state index in [0.717, 1.165) is 48.3 Å². The zero-order valence-electron chi connectivity index (χ0n) is 18.9. The molecule has 1 aliphatic heterocycles. The summed E-state index contributed by atoms with van der Waals surface area (Å²) in [6.07, 6.45) is 2.29. The van der Waals surface area contributed by atoms with E-state index in [1.807, 2.05) is 13.0 Å². The predicted molar refractivity (Wildman–Crippen MR) is 126 cm³/mol. The van der Waals surface area contributed by atoms with E-state index in [0.29, 0.717) is 35.7 Å². The Morgan fingerprint density at radius 3 is 2.81 bits per heavy atom. The quantitative estimate of drug-likeness (QED) is 0.558. The van der Waals surface area contributed by atoms with Gasteiger partial charge >= 0.3 is 0 Å². The molecular weight excluding hydrogens is 424 g/mol. The first-order chi connectivity index (χ1) is 15.6. The normalized spacial score (nSPS) is 16.9. The Bertz CT molecular complexity index is 1070. The van der Waals surface area contributed by atoms with Gasteiger partial charge in [-0.25, -0.2) is 4.98 Å². The number of carbonyl (C=O) groups is 1. The molecule has 1 amide bonds. The Kier molecular flexibility index (Phi) is 7.34. The summed E-state index contributed by atoms with van der Waals surface area (Å²) in [5, 5.41) is 3.96. The van der Waals surface area contributed by atoms with Gasteiger partial charge in [0.2, 0.25) is 5.88 Å². The number of likely N-dealkylation sites (tertiary alicyclic amines) is 1. The molecule has 1 fully saturated rings. The summed E-state index contributed by atoms with van der Waals surface area (Å²) in [6, 6.07) is 10.6. The number of benzene rings is 1. The van der Waals surface area contributed by atoms with Crippen LogP contribution in [0.25, 0.3) is 10.2 Å². The van der Waals surface area contributed by atoms with Crippen molar-refractivity contribution in [2.24, 2.45) is 5.92 Å². The third kappa shape index (κ3) is 5.09. The van der Waals surface area contributed by atoms with Gasteiger partial charge in [-0.15, -0.1) is 11.3 Å². The van der Waals surface area contributed by atoms with E-state index in [9.17, 15) is 4.79 Å². The molecule has 1 saturated heterocycles. The van der Waals surface area contributed by atoms with Crippen LogP contribution >= 0.6 is 11.3 Å². The number of hydrogen-bond acceptors (Lipinski definition) is 7. The number of nitrogens with zero attached hydrogens (tertiary/aromatic N) is 3. The van der Waals surface area contributed by atoms with Crippen LogP contribution in [0.5, 0.6) is 5.88 Å². The Balaban J connectivity index is 1.42. The van der Waals surface area contributed by atoms with Gasteiger partial charge in [0.15, 0.2) is 5.82 Å². The van der Waals surface area contributed by atoms with Crippen LogP contribution in [0.15, 0.2) is 30.3 Å². The average molecular weight is 455 g/mol. The highest BCUT2D eigenvalue weighted by Crippen LogP contribution is 2.35. The second-order valence-electron chi connectivity index (χ2n) is 8.26. The fraction of sp³-hybridized carbons (Fsp3) is 0.458. The fourth-order valence-corrected chi connectivity index (χ4v) is 5.43. The van der Waals surface area contributed by atoms with Crippen LogP contribution in [-0.4, -0.2) is 54.6 Å². The fourth-order valence-electron chi connectivity index (χ4n) is 4.32. The van der Waals surface area contributed by atoms with Gasteiger partial charge in [0.05, 0.1) is 17.4 Å². The van der Waals surface area contributed by atoms with E-state index in [1.54, 1.807) is 14.2 Å². The molecule has 1 aliphatic rings. The highest BCUT2D eigenvalue weighted by Gasteiger charge is 2.24. The van der Waals surface area contributed by atoms with Crippen molar-refractivity contribution in [1.29, 1.82) is 0 Å². The van der Waals surface area contributed by atoms with E-state index in [4.69, 9.17) is 9.47 Å². The van der Waals surface area contributed by atoms with E-state index in [-0.39, 0.29) is 5.91 Å². The molecule has 0 spiro atoms. The maximum absolute atomic E-state index is 13.0. The number of hydrogen-bond donors (Lipinski definition) is 1. The Morgan fingerprint density at radius 1 is 1.25 bits per heavy atom. The van der Waals surface area contributed by atoms with Crippen molar-refractivity contribution >= 4 is 27.5 Å². The maximum Gasteiger partial charge on any atom is 0.261 e. The first kappa shape index (κ1) is 22.6. The van der Waals surface area contributed by atoms with E-state index in [1.165, 1.54) is 16.9 Å². The SMILES string of the molecule is COCc1nc(OC)c2c(C)c(C(=O)NCC3CCCN(Cc4ccccc4)C3)sc2n1. The molecule has 32 heavy (non-hydrogen) atoms. The van der Waals surface area contributed by atoms with Crippen molar-refractivity contribution in [3.63, 3.8) is 0 Å². The number of carbonyl (C=O) groups excluding carboxylic acids is 1. The van der Waals surface area contributed by atoms with Gasteiger partial charge in [-0.05, 0) is 43.4 Å². The zero-order valence-corrected chi connectivity index (χ0v) is 19.7. The number of rotatable bonds is 8. The highest BCUT2D eigenvalue weighted by atomic mass is 32.1. The minimum absolute atomic E-state index is 0.0546. The molecule has 1 atom stereocenters. The van der Waals surface area contributed by atoms with E-state index < -0.39 is 0 Å². The van der Waals surface area contributed by atoms with Gasteiger partial charge in [0.25, 0.3) is 5.91 Å². The van der Waals surface area contributed by atoms with Gasteiger partial charge in [-0.2, -0.15) is 4.98 Å². The number of aryl methyl sites for hydroxylation is 1. The van der Waals surface area contributed by atoms with Gasteiger partial charge < -0.3 is 14.8 Å². The monoisotopic (exact) mass is 454 g/mol. The molecule has 0 radical (unpaired) electrons. The number of fused-ring (bicyclic) bond motifs is 1. The number of aromatic nitrogens is 2. The van der Waals surface area contributed by atoms with Crippen LogP contribution in [0.2, 0.25) is 0 Å². The average Bonchev–Trinajstić information content (AvgIpc) is 3.14. The van der Waals surface area contributed by atoms with Crippen molar-refractivity contribution in [2.45, 2.75) is 32.9 Å². The number of piperidine rings is 1. The molecule has 1 unspecified atom stereocenters. The predicted octanol–water partition coefficient (Wildman–Crippen LogP) is 3.80. The number of amides is 1. The molecule has 3 aromatic rings. The minimum Gasteiger partial charge on any atom is -0.480 e. The summed E-state index contributed by atoms with van der Waals surface area (Å²) >= 11 is 1.38. The lowest BCUT2D eigenvalue weighted by Crippen LogP contribution is -2.40. The summed E-state index contributed by atoms with van der Waals surface area (Å²) < 4.78 is 10.6. The zero-order chi connectivity index (χ0) is 22.5. The van der Waals surface area contributed by atoms with Gasteiger partial charge in [0, 0.05) is 26.7 Å². The molecular formula is C24H30N4O3S. The molecule has 2 aromatic heterocycles. The van der Waals surface area contributed by atoms with Crippen molar-refractivity contribution in [2.75, 3.05) is 33.9 Å². The number of methoxy groups -OCH3 is 2. The molecule has 3 heterocycles. The van der Waals surface area contributed by atoms with E-state index >= 15 is 0 Å². The van der Waals surface area contributed by atoms with Crippen molar-refractivity contribution in [3.05, 3.63) is 52.2 Å². The third-order valence-corrected chi connectivity index (χ3v) is 7.06. The summed E-state index contributed by atoms with van der Waals surface area (Å²) in [4.78, 5) is 25.9. The van der Waals surface area contributed by atoms with Crippen LogP contribution in [0.4, 0.5) is 0 Å². The topological polar surface area (TPSA) is 76.6 Å². The maximum atomic E-state index is 13.0. The molecule has 8 heteroatoms. The second-order valence-corrected chi connectivity index (χ2v) is 9.26. The van der Waals surface area contributed by atoms with Crippen molar-refractivity contribution in [1.82, 2.24) is 20.2 Å². The minimum atomic E-state index is -0.0546. The standard InChI is InChI=1S/C24H30N4O3S/c1-16-20-23(31-3)26-19(15-30-2)27-24(20)32-21(16)22(29)25-12-18-10-7-11-28(14-18)13-17-8-5-4-6-9-17/h4-6,8-9,18H,7,10-15H2,1-3H3,(H,25,29). The van der Waals surface area contributed by atoms with Crippen LogP contribution in [0, 0.1) is 12.8 Å². The first-order valence-electron chi connectivity index (χ1n) is 11.0. The third-order valence-electron chi connectivity index (χ3n) is 5.88. The summed E-state index contributed by atoms with van der Waals surface area (Å²) in [7, 11) is 3.18. The number of ether oxygens (including phenoxy) is 2. The van der Waals surface area contributed by atoms with Crippen LogP contribution in [0.1, 0.15) is 39.5 Å². The van der Waals surface area contributed by atoms with E-state index in [2.05, 4.69) is 44.5 Å². The summed E-state index contributed by atoms with van der Waals surface area (Å²) in [5.41, 5.74) is 2.19. The molecule has 170 valence electrons. The van der Waals surface area contributed by atoms with Gasteiger partial charge in [-0.1, -0.05) is 30.3 Å². The highest BCUT2D eigenvalue weighted by molar-refractivity contribution is 7.20. The van der Waals surface area contributed by atoms with Gasteiger partial charge in [-0.3, -0.25) is 9.69 Å². The Hall–Kier alpha value is -2.55. The molecule has 4 rings (SSSR count). The Labute approximate surface area is 192 Å². The largest absolute Gasteiger partial charge is 0.480 e. The number of nitrogens with one attached hydrogen (secondary N) is 1. The summed E-state index contributed by atoms with van der Waals surface area (Å²) in [5.74, 6) is 1.43. The lowest BCUT2D eigenvalue weighted by atomic mass is 9.97. The second kappa shape index (κ2) is 10.4. The summed E-state index contributed by atoms with van der Waals surface area (Å²) in [6.45, 7) is 5.97. The first-order valence-corrected chi connectivity index (χ1v) is 11.8. The molecule has 0 saturated carbocycles. The van der Waals surface area contributed by atoms with Crippen molar-refractivity contribution in [3.8, 4) is 5.88 Å². The molecule has 0 aliphatic carbocycles. The van der Waals surface area contributed by atoms with Gasteiger partial charge in [0.1, 0.15) is 11.4 Å². The lowest BCUT2D eigenvalue weighted by molar-refractivity contribution is 0.0934. The molecule has 7 nitrogen and oxygen atoms in total. The number of thiophene rings is 1.